The fraction of sp³-hybridized carbons (Fsp3) is 0.267. The van der Waals surface area contributed by atoms with Gasteiger partial charge in [-0.25, -0.2) is 14.5 Å². The van der Waals surface area contributed by atoms with E-state index in [4.69, 9.17) is 5.11 Å². The van der Waals surface area contributed by atoms with E-state index in [2.05, 4.69) is 20.6 Å². The summed E-state index contributed by atoms with van der Waals surface area (Å²) in [6.07, 6.45) is 2.10. The zero-order valence-electron chi connectivity index (χ0n) is 13.0. The summed E-state index contributed by atoms with van der Waals surface area (Å²) in [5, 5.41) is 18.7. The Bertz CT molecular complexity index is 898. The SMILES string of the molecule is CCCn1c(NC(=O)Cn2cc(C(=O)O)nn2)nc2ccccc21. The number of carboxylic acids is 1. The molecule has 1 aromatic carbocycles. The minimum atomic E-state index is -1.19. The zero-order chi connectivity index (χ0) is 17.1. The Morgan fingerprint density at radius 1 is 1.29 bits per heavy atom. The number of benzene rings is 1. The number of anilines is 1. The smallest absolute Gasteiger partial charge is 0.358 e. The number of carbonyl (C=O) groups is 2. The lowest BCUT2D eigenvalue weighted by atomic mass is 10.3. The van der Waals surface area contributed by atoms with Gasteiger partial charge in [-0.1, -0.05) is 24.3 Å². The van der Waals surface area contributed by atoms with Gasteiger partial charge in [0, 0.05) is 6.54 Å². The molecular formula is C15H16N6O3. The van der Waals surface area contributed by atoms with Gasteiger partial charge in [-0.2, -0.15) is 0 Å². The molecule has 9 heteroatoms. The average Bonchev–Trinajstić information content (AvgIpc) is 3.13. The third-order valence-electron chi connectivity index (χ3n) is 3.42. The molecule has 0 saturated carbocycles. The Labute approximate surface area is 136 Å². The van der Waals surface area contributed by atoms with Gasteiger partial charge in [0.15, 0.2) is 5.69 Å². The molecule has 124 valence electrons. The van der Waals surface area contributed by atoms with Gasteiger partial charge < -0.3 is 9.67 Å². The summed E-state index contributed by atoms with van der Waals surface area (Å²) in [5.41, 5.74) is 1.54. The quantitative estimate of drug-likeness (QED) is 0.706. The molecule has 0 radical (unpaired) electrons. The zero-order valence-corrected chi connectivity index (χ0v) is 13.0. The predicted octanol–water partition coefficient (Wildman–Crippen LogP) is 1.37. The maximum Gasteiger partial charge on any atom is 0.358 e. The molecule has 0 spiro atoms. The lowest BCUT2D eigenvalue weighted by Gasteiger charge is -2.08. The highest BCUT2D eigenvalue weighted by atomic mass is 16.4. The first kappa shape index (κ1) is 15.7. The van der Waals surface area contributed by atoms with Crippen LogP contribution in [0.3, 0.4) is 0 Å². The van der Waals surface area contributed by atoms with Gasteiger partial charge >= 0.3 is 5.97 Å². The predicted molar refractivity (Wildman–Crippen MR) is 85.6 cm³/mol. The molecule has 0 aliphatic carbocycles. The molecule has 0 aliphatic heterocycles. The Morgan fingerprint density at radius 3 is 2.79 bits per heavy atom. The summed E-state index contributed by atoms with van der Waals surface area (Å²) in [6.45, 7) is 2.63. The van der Waals surface area contributed by atoms with E-state index in [1.54, 1.807) is 0 Å². The molecule has 3 aromatic rings. The molecule has 2 aromatic heterocycles. The second-order valence-electron chi connectivity index (χ2n) is 5.23. The fourth-order valence-electron chi connectivity index (χ4n) is 2.41. The molecule has 24 heavy (non-hydrogen) atoms. The molecule has 3 rings (SSSR count). The minimum absolute atomic E-state index is 0.143. The number of hydrogen-bond donors (Lipinski definition) is 2. The van der Waals surface area contributed by atoms with Crippen molar-refractivity contribution in [2.24, 2.45) is 0 Å². The number of amides is 1. The number of nitrogens with one attached hydrogen (secondary N) is 1. The summed E-state index contributed by atoms with van der Waals surface area (Å²) in [6, 6.07) is 7.64. The first-order chi connectivity index (χ1) is 11.6. The lowest BCUT2D eigenvalue weighted by Crippen LogP contribution is -2.21. The molecule has 0 aliphatic rings. The van der Waals surface area contributed by atoms with E-state index in [1.807, 2.05) is 35.8 Å². The van der Waals surface area contributed by atoms with Crippen molar-refractivity contribution in [2.45, 2.75) is 26.4 Å². The van der Waals surface area contributed by atoms with Crippen LogP contribution < -0.4 is 5.32 Å². The number of rotatable bonds is 6. The third kappa shape index (κ3) is 3.09. The number of aromatic nitrogens is 5. The Balaban J connectivity index is 1.79. The van der Waals surface area contributed by atoms with Crippen LogP contribution in [0.4, 0.5) is 5.95 Å². The van der Waals surface area contributed by atoms with Crippen molar-refractivity contribution in [1.29, 1.82) is 0 Å². The lowest BCUT2D eigenvalue weighted by molar-refractivity contribution is -0.117. The normalized spacial score (nSPS) is 10.9. The summed E-state index contributed by atoms with van der Waals surface area (Å²) in [7, 11) is 0. The van der Waals surface area contributed by atoms with Crippen molar-refractivity contribution in [2.75, 3.05) is 5.32 Å². The summed E-state index contributed by atoms with van der Waals surface area (Å²) >= 11 is 0. The van der Waals surface area contributed by atoms with Crippen LogP contribution in [0.1, 0.15) is 23.8 Å². The number of nitrogens with zero attached hydrogens (tertiary/aromatic N) is 5. The Kier molecular flexibility index (Phi) is 4.23. The van der Waals surface area contributed by atoms with E-state index in [-0.39, 0.29) is 18.1 Å². The highest BCUT2D eigenvalue weighted by molar-refractivity contribution is 5.91. The molecule has 2 heterocycles. The maximum absolute atomic E-state index is 12.2. The molecule has 2 N–H and O–H groups in total. The summed E-state index contributed by atoms with van der Waals surface area (Å²) < 4.78 is 3.11. The Morgan fingerprint density at radius 2 is 2.08 bits per heavy atom. The monoisotopic (exact) mass is 328 g/mol. The number of fused-ring (bicyclic) bond motifs is 1. The molecule has 0 atom stereocenters. The van der Waals surface area contributed by atoms with Gasteiger partial charge in [0.05, 0.1) is 17.2 Å². The first-order valence-electron chi connectivity index (χ1n) is 7.47. The van der Waals surface area contributed by atoms with E-state index >= 15 is 0 Å². The van der Waals surface area contributed by atoms with Gasteiger partial charge in [0.25, 0.3) is 0 Å². The van der Waals surface area contributed by atoms with Crippen LogP contribution in [0.15, 0.2) is 30.5 Å². The second kappa shape index (κ2) is 6.49. The molecule has 0 unspecified atom stereocenters. The van der Waals surface area contributed by atoms with E-state index in [0.29, 0.717) is 5.95 Å². The number of aryl methyl sites for hydroxylation is 1. The van der Waals surface area contributed by atoms with Crippen LogP contribution in [-0.4, -0.2) is 41.5 Å². The van der Waals surface area contributed by atoms with Crippen molar-refractivity contribution in [3.63, 3.8) is 0 Å². The van der Waals surface area contributed by atoms with Crippen molar-refractivity contribution < 1.29 is 14.7 Å². The largest absolute Gasteiger partial charge is 0.476 e. The number of carbonyl (C=O) groups excluding carboxylic acids is 1. The molecule has 0 bridgehead atoms. The van der Waals surface area contributed by atoms with Crippen molar-refractivity contribution >= 4 is 28.9 Å². The van der Waals surface area contributed by atoms with Crippen LogP contribution in [-0.2, 0) is 17.9 Å². The topological polar surface area (TPSA) is 115 Å². The van der Waals surface area contributed by atoms with Gasteiger partial charge in [-0.15, -0.1) is 5.10 Å². The van der Waals surface area contributed by atoms with E-state index in [0.717, 1.165) is 24.0 Å². The highest BCUT2D eigenvalue weighted by Gasteiger charge is 2.14. The van der Waals surface area contributed by atoms with Crippen LogP contribution in [0.5, 0.6) is 0 Å². The van der Waals surface area contributed by atoms with E-state index < -0.39 is 5.97 Å². The van der Waals surface area contributed by atoms with Gasteiger partial charge in [0.2, 0.25) is 11.9 Å². The van der Waals surface area contributed by atoms with Crippen LogP contribution in [0.2, 0.25) is 0 Å². The van der Waals surface area contributed by atoms with Gasteiger partial charge in [-0.05, 0) is 18.6 Å². The van der Waals surface area contributed by atoms with Crippen molar-refractivity contribution in [3.8, 4) is 0 Å². The molecule has 9 nitrogen and oxygen atoms in total. The van der Waals surface area contributed by atoms with Crippen LogP contribution in [0.25, 0.3) is 11.0 Å². The second-order valence-corrected chi connectivity index (χ2v) is 5.23. The molecular weight excluding hydrogens is 312 g/mol. The molecule has 1 amide bonds. The number of hydrogen-bond acceptors (Lipinski definition) is 5. The average molecular weight is 328 g/mol. The standard InChI is InChI=1S/C15H16N6O3/c1-2-7-21-12-6-4-3-5-10(12)16-15(21)17-13(22)9-20-8-11(14(23)24)18-19-20/h3-6,8H,2,7,9H2,1H3,(H,23,24)(H,16,17,22). The Hall–Kier alpha value is -3.23. The summed E-state index contributed by atoms with van der Waals surface area (Å²) in [4.78, 5) is 27.4. The maximum atomic E-state index is 12.2. The van der Waals surface area contributed by atoms with Gasteiger partial charge in [-0.3, -0.25) is 10.1 Å². The van der Waals surface area contributed by atoms with E-state index in [9.17, 15) is 9.59 Å². The number of para-hydroxylation sites is 2. The molecule has 0 fully saturated rings. The number of aromatic carboxylic acids is 1. The summed E-state index contributed by atoms with van der Waals surface area (Å²) in [5.74, 6) is -1.09. The van der Waals surface area contributed by atoms with Crippen molar-refractivity contribution in [1.82, 2.24) is 24.5 Å². The number of imidazole rings is 1. The number of carboxylic acid groups (broad SMARTS) is 1. The van der Waals surface area contributed by atoms with Crippen LogP contribution >= 0.6 is 0 Å². The third-order valence-corrected chi connectivity index (χ3v) is 3.42. The highest BCUT2D eigenvalue weighted by Crippen LogP contribution is 2.20. The van der Waals surface area contributed by atoms with Crippen LogP contribution in [0, 0.1) is 0 Å². The fourth-order valence-corrected chi connectivity index (χ4v) is 2.41. The van der Waals surface area contributed by atoms with Gasteiger partial charge in [0.1, 0.15) is 6.54 Å². The molecule has 0 saturated heterocycles. The van der Waals surface area contributed by atoms with Crippen molar-refractivity contribution in [3.05, 3.63) is 36.2 Å². The minimum Gasteiger partial charge on any atom is -0.476 e. The van der Waals surface area contributed by atoms with E-state index in [1.165, 1.54) is 10.9 Å². The first-order valence-corrected chi connectivity index (χ1v) is 7.47.